The number of non-ortho nitro benzene ring substituents is 1. The normalized spacial score (nSPS) is 11.2. The van der Waals surface area contributed by atoms with Crippen molar-refractivity contribution in [1.29, 1.82) is 0 Å². The van der Waals surface area contributed by atoms with E-state index in [4.69, 9.17) is 0 Å². The minimum Gasteiger partial charge on any atom is -0.370 e. The lowest BCUT2D eigenvalue weighted by molar-refractivity contribution is -0.384. The van der Waals surface area contributed by atoms with E-state index in [2.05, 4.69) is 53.7 Å². The fraction of sp³-hybridized carbons (Fsp3) is 0.600. The van der Waals surface area contributed by atoms with Gasteiger partial charge < -0.3 is 9.80 Å². The van der Waals surface area contributed by atoms with Crippen LogP contribution in [0.2, 0.25) is 0 Å². The van der Waals surface area contributed by atoms with E-state index in [-0.39, 0.29) is 10.6 Å². The van der Waals surface area contributed by atoms with Crippen LogP contribution in [0.1, 0.15) is 19.4 Å². The molecule has 0 amide bonds. The van der Waals surface area contributed by atoms with E-state index in [9.17, 15) is 10.1 Å². The third-order valence-electron chi connectivity index (χ3n) is 3.16. The van der Waals surface area contributed by atoms with E-state index in [0.29, 0.717) is 11.2 Å². The van der Waals surface area contributed by atoms with Crippen LogP contribution in [0.15, 0.2) is 18.2 Å². The lowest BCUT2D eigenvalue weighted by atomic mass is 10.1. The first-order chi connectivity index (χ1) is 9.85. The molecule has 0 fully saturated rings. The number of hydrogen-bond donors (Lipinski definition) is 0. The molecule has 5 nitrogen and oxygen atoms in total. The van der Waals surface area contributed by atoms with Gasteiger partial charge in [0, 0.05) is 42.8 Å². The number of anilines is 1. The molecule has 1 rings (SSSR count). The highest BCUT2D eigenvalue weighted by Gasteiger charge is 2.16. The maximum Gasteiger partial charge on any atom is 0.269 e. The van der Waals surface area contributed by atoms with Gasteiger partial charge in [-0.2, -0.15) is 0 Å². The van der Waals surface area contributed by atoms with Gasteiger partial charge >= 0.3 is 0 Å². The van der Waals surface area contributed by atoms with Crippen LogP contribution in [0.3, 0.4) is 0 Å². The van der Waals surface area contributed by atoms with Crippen molar-refractivity contribution in [2.24, 2.45) is 5.92 Å². The van der Waals surface area contributed by atoms with E-state index in [1.807, 2.05) is 6.07 Å². The Morgan fingerprint density at radius 1 is 1.29 bits per heavy atom. The van der Waals surface area contributed by atoms with Gasteiger partial charge in [0.1, 0.15) is 0 Å². The first-order valence-electron chi connectivity index (χ1n) is 7.08. The molecule has 21 heavy (non-hydrogen) atoms. The molecule has 0 atom stereocenters. The molecule has 0 aliphatic carbocycles. The Balaban J connectivity index is 3.07. The average Bonchev–Trinajstić information content (AvgIpc) is 2.42. The Morgan fingerprint density at radius 3 is 2.43 bits per heavy atom. The van der Waals surface area contributed by atoms with Crippen LogP contribution in [-0.2, 0) is 5.33 Å². The number of halogens is 1. The number of nitro groups is 1. The molecule has 0 aromatic heterocycles. The molecule has 0 bridgehead atoms. The van der Waals surface area contributed by atoms with Crippen LogP contribution in [0.4, 0.5) is 11.4 Å². The lowest BCUT2D eigenvalue weighted by Crippen LogP contribution is -2.35. The second-order valence-corrected chi connectivity index (χ2v) is 6.41. The van der Waals surface area contributed by atoms with E-state index < -0.39 is 0 Å². The van der Waals surface area contributed by atoms with Crippen molar-refractivity contribution in [3.05, 3.63) is 33.9 Å². The molecule has 0 N–H and O–H groups in total. The fourth-order valence-corrected chi connectivity index (χ4v) is 2.62. The standard InChI is InChI=1S/C15H24BrN3O2/c1-12(2)11-18(8-7-17(3)4)15-6-5-14(19(20)21)9-13(15)10-16/h5-6,9,12H,7-8,10-11H2,1-4H3. The van der Waals surface area contributed by atoms with Gasteiger partial charge in [-0.15, -0.1) is 0 Å². The highest BCUT2D eigenvalue weighted by molar-refractivity contribution is 9.08. The SMILES string of the molecule is CC(C)CN(CCN(C)C)c1ccc([N+](=O)[O-])cc1CBr. The predicted octanol–water partition coefficient (Wildman–Crippen LogP) is 3.51. The van der Waals surface area contributed by atoms with Crippen LogP contribution in [0.5, 0.6) is 0 Å². The zero-order chi connectivity index (χ0) is 16.0. The summed E-state index contributed by atoms with van der Waals surface area (Å²) in [5.74, 6) is 0.533. The molecule has 0 spiro atoms. The number of alkyl halides is 1. The molecule has 6 heteroatoms. The van der Waals surface area contributed by atoms with Crippen molar-refractivity contribution in [1.82, 2.24) is 4.90 Å². The topological polar surface area (TPSA) is 49.6 Å². The number of nitrogens with zero attached hydrogens (tertiary/aromatic N) is 3. The van der Waals surface area contributed by atoms with E-state index >= 15 is 0 Å². The first-order valence-corrected chi connectivity index (χ1v) is 8.20. The highest BCUT2D eigenvalue weighted by atomic mass is 79.9. The summed E-state index contributed by atoms with van der Waals surface area (Å²) in [6.07, 6.45) is 0. The third-order valence-corrected chi connectivity index (χ3v) is 3.77. The summed E-state index contributed by atoms with van der Waals surface area (Å²) in [6, 6.07) is 5.12. The number of hydrogen-bond acceptors (Lipinski definition) is 4. The smallest absolute Gasteiger partial charge is 0.269 e. The molecule has 0 heterocycles. The van der Waals surface area contributed by atoms with E-state index in [1.165, 1.54) is 0 Å². The molecule has 0 saturated heterocycles. The van der Waals surface area contributed by atoms with Crippen molar-refractivity contribution in [3.8, 4) is 0 Å². The van der Waals surface area contributed by atoms with E-state index in [0.717, 1.165) is 30.9 Å². The van der Waals surface area contributed by atoms with Crippen molar-refractivity contribution in [2.75, 3.05) is 38.6 Å². The largest absolute Gasteiger partial charge is 0.370 e. The minimum atomic E-state index is -0.345. The highest BCUT2D eigenvalue weighted by Crippen LogP contribution is 2.28. The number of nitro benzene ring substituents is 1. The van der Waals surface area contributed by atoms with Crippen LogP contribution in [0.25, 0.3) is 0 Å². The summed E-state index contributed by atoms with van der Waals surface area (Å²) >= 11 is 3.45. The zero-order valence-electron chi connectivity index (χ0n) is 13.2. The quantitative estimate of drug-likeness (QED) is 0.405. The fourth-order valence-electron chi connectivity index (χ4n) is 2.17. The maximum absolute atomic E-state index is 10.9. The van der Waals surface area contributed by atoms with Gasteiger partial charge in [0.2, 0.25) is 0 Å². The summed E-state index contributed by atoms with van der Waals surface area (Å²) in [5.41, 5.74) is 2.18. The summed E-state index contributed by atoms with van der Waals surface area (Å²) in [6.45, 7) is 7.16. The Morgan fingerprint density at radius 2 is 1.95 bits per heavy atom. The molecule has 118 valence electrons. The van der Waals surface area contributed by atoms with Crippen LogP contribution < -0.4 is 4.90 Å². The van der Waals surface area contributed by atoms with Crippen molar-refractivity contribution >= 4 is 27.3 Å². The Hall–Kier alpha value is -1.14. The van der Waals surface area contributed by atoms with Crippen molar-refractivity contribution in [2.45, 2.75) is 19.2 Å². The molecular weight excluding hydrogens is 334 g/mol. The zero-order valence-corrected chi connectivity index (χ0v) is 14.8. The Bertz CT molecular complexity index is 478. The number of benzene rings is 1. The molecule has 0 unspecified atom stereocenters. The first kappa shape index (κ1) is 17.9. The summed E-state index contributed by atoms with van der Waals surface area (Å²) in [4.78, 5) is 15.0. The molecule has 1 aromatic rings. The molecule has 1 aromatic carbocycles. The van der Waals surface area contributed by atoms with Gasteiger partial charge in [-0.1, -0.05) is 29.8 Å². The van der Waals surface area contributed by atoms with E-state index in [1.54, 1.807) is 12.1 Å². The van der Waals surface area contributed by atoms with Gasteiger partial charge in [-0.05, 0) is 31.6 Å². The van der Waals surface area contributed by atoms with Crippen LogP contribution >= 0.6 is 15.9 Å². The summed E-state index contributed by atoms with van der Waals surface area (Å²) < 4.78 is 0. The Kier molecular flexibility index (Phi) is 7.11. The molecule has 0 aliphatic heterocycles. The Labute approximate surface area is 135 Å². The van der Waals surface area contributed by atoms with Gasteiger partial charge in [-0.25, -0.2) is 0 Å². The van der Waals surface area contributed by atoms with Crippen LogP contribution in [-0.4, -0.2) is 43.6 Å². The van der Waals surface area contributed by atoms with Crippen molar-refractivity contribution < 1.29 is 4.92 Å². The van der Waals surface area contributed by atoms with Gasteiger partial charge in [0.25, 0.3) is 5.69 Å². The van der Waals surface area contributed by atoms with Gasteiger partial charge in [0.15, 0.2) is 0 Å². The monoisotopic (exact) mass is 357 g/mol. The van der Waals surface area contributed by atoms with Crippen molar-refractivity contribution in [3.63, 3.8) is 0 Å². The lowest BCUT2D eigenvalue weighted by Gasteiger charge is -2.29. The summed E-state index contributed by atoms with van der Waals surface area (Å²) in [5, 5.41) is 11.5. The number of likely N-dealkylation sites (N-methyl/N-ethyl adjacent to an activating group) is 1. The molecular formula is C15H24BrN3O2. The second-order valence-electron chi connectivity index (χ2n) is 5.85. The third kappa shape index (κ3) is 5.63. The molecule has 0 radical (unpaired) electrons. The number of rotatable bonds is 8. The minimum absolute atomic E-state index is 0.144. The maximum atomic E-state index is 10.9. The molecule has 0 saturated carbocycles. The second kappa shape index (κ2) is 8.34. The average molecular weight is 358 g/mol. The van der Waals surface area contributed by atoms with Gasteiger partial charge in [-0.3, -0.25) is 10.1 Å². The summed E-state index contributed by atoms with van der Waals surface area (Å²) in [7, 11) is 4.10. The predicted molar refractivity (Wildman–Crippen MR) is 91.3 cm³/mol. The van der Waals surface area contributed by atoms with Crippen LogP contribution in [0, 0.1) is 16.0 Å². The molecule has 0 aliphatic rings. The van der Waals surface area contributed by atoms with Gasteiger partial charge in [0.05, 0.1) is 4.92 Å².